The number of nitrogens with zero attached hydrogens (tertiary/aromatic N) is 4. The molecule has 1 atom stereocenters. The Bertz CT molecular complexity index is 991. The first-order valence-electron chi connectivity index (χ1n) is 9.82. The molecule has 5 rings (SSSR count). The molecule has 2 fully saturated rings. The van der Waals surface area contributed by atoms with E-state index in [-0.39, 0.29) is 11.8 Å². The van der Waals surface area contributed by atoms with Gasteiger partial charge in [0.15, 0.2) is 11.5 Å². The van der Waals surface area contributed by atoms with Crippen LogP contribution in [0.3, 0.4) is 0 Å². The average molecular weight is 378 g/mol. The lowest BCUT2D eigenvalue weighted by Crippen LogP contribution is -2.39. The van der Waals surface area contributed by atoms with E-state index in [0.717, 1.165) is 55.0 Å². The average Bonchev–Trinajstić information content (AvgIpc) is 3.25. The van der Waals surface area contributed by atoms with Gasteiger partial charge in [-0.2, -0.15) is 0 Å². The van der Waals surface area contributed by atoms with Gasteiger partial charge in [-0.25, -0.2) is 9.97 Å². The summed E-state index contributed by atoms with van der Waals surface area (Å²) in [6, 6.07) is 5.36. The van der Waals surface area contributed by atoms with Crippen molar-refractivity contribution in [1.82, 2.24) is 20.0 Å². The first kappa shape index (κ1) is 17.2. The van der Waals surface area contributed by atoms with Crippen LogP contribution in [0, 0.1) is 6.92 Å². The van der Waals surface area contributed by atoms with E-state index in [4.69, 9.17) is 13.9 Å². The van der Waals surface area contributed by atoms with E-state index in [0.29, 0.717) is 24.0 Å². The van der Waals surface area contributed by atoms with Gasteiger partial charge >= 0.3 is 0 Å². The summed E-state index contributed by atoms with van der Waals surface area (Å²) in [6.45, 7) is 3.24. The minimum absolute atomic E-state index is 0.0665. The van der Waals surface area contributed by atoms with Crippen molar-refractivity contribution >= 4 is 5.91 Å². The number of likely N-dealkylation sites (tertiary alicyclic amines) is 1. The minimum atomic E-state index is -0.0665. The largest absolute Gasteiger partial charge is 0.459 e. The smallest absolute Gasteiger partial charge is 0.289 e. The Morgan fingerprint density at radius 2 is 2.14 bits per heavy atom. The number of amides is 1. The third-order valence-corrected chi connectivity index (χ3v) is 5.50. The highest BCUT2D eigenvalue weighted by Crippen LogP contribution is 2.40. The Hall–Kier alpha value is -2.96. The molecule has 28 heavy (non-hydrogen) atoms. The van der Waals surface area contributed by atoms with Gasteiger partial charge in [0.1, 0.15) is 5.82 Å². The maximum atomic E-state index is 12.8. The third-order valence-electron chi connectivity index (χ3n) is 5.50. The van der Waals surface area contributed by atoms with Crippen LogP contribution in [-0.4, -0.2) is 39.0 Å². The zero-order valence-corrected chi connectivity index (χ0v) is 15.8. The second kappa shape index (κ2) is 6.89. The van der Waals surface area contributed by atoms with Crippen molar-refractivity contribution in [1.29, 1.82) is 0 Å². The molecule has 0 aromatic carbocycles. The third kappa shape index (κ3) is 3.21. The number of piperidine rings is 1. The molecule has 2 aliphatic rings. The van der Waals surface area contributed by atoms with Crippen LogP contribution in [0.25, 0.3) is 11.3 Å². The van der Waals surface area contributed by atoms with Gasteiger partial charge in [0.25, 0.3) is 5.91 Å². The molecule has 0 N–H and O–H groups in total. The van der Waals surface area contributed by atoms with Gasteiger partial charge in [-0.05, 0) is 44.7 Å². The summed E-state index contributed by atoms with van der Waals surface area (Å²) in [5.74, 6) is 2.51. The summed E-state index contributed by atoms with van der Waals surface area (Å²) in [7, 11) is 0. The topological polar surface area (TPSA) is 85.3 Å². The predicted molar refractivity (Wildman–Crippen MR) is 101 cm³/mol. The van der Waals surface area contributed by atoms with Crippen molar-refractivity contribution in [3.63, 3.8) is 0 Å². The van der Waals surface area contributed by atoms with Crippen LogP contribution in [0.2, 0.25) is 0 Å². The summed E-state index contributed by atoms with van der Waals surface area (Å²) < 4.78 is 10.8. The number of furan rings is 1. The van der Waals surface area contributed by atoms with E-state index in [2.05, 4.69) is 10.1 Å². The molecule has 4 heterocycles. The van der Waals surface area contributed by atoms with Gasteiger partial charge in [0, 0.05) is 37.2 Å². The van der Waals surface area contributed by atoms with Gasteiger partial charge in [-0.3, -0.25) is 4.79 Å². The van der Waals surface area contributed by atoms with Crippen molar-refractivity contribution in [3.8, 4) is 11.3 Å². The molecule has 0 spiro atoms. The van der Waals surface area contributed by atoms with Crippen LogP contribution in [0.1, 0.15) is 65.3 Å². The minimum Gasteiger partial charge on any atom is -0.459 e. The second-order valence-electron chi connectivity index (χ2n) is 7.70. The van der Waals surface area contributed by atoms with Crippen LogP contribution in [0.4, 0.5) is 0 Å². The molecular weight excluding hydrogens is 356 g/mol. The van der Waals surface area contributed by atoms with Crippen LogP contribution >= 0.6 is 0 Å². The number of aryl methyl sites for hydroxylation is 1. The SMILES string of the molecule is Cc1cc(-c2cnc(C3CC3)nc2C2CCCN(C(=O)c3ccco3)C2)on1. The van der Waals surface area contributed by atoms with E-state index in [9.17, 15) is 4.79 Å². The molecule has 7 nitrogen and oxygen atoms in total. The van der Waals surface area contributed by atoms with Crippen molar-refractivity contribution < 1.29 is 13.7 Å². The molecule has 7 heteroatoms. The zero-order chi connectivity index (χ0) is 19.1. The van der Waals surface area contributed by atoms with Gasteiger partial charge in [0.05, 0.1) is 23.2 Å². The summed E-state index contributed by atoms with van der Waals surface area (Å²) in [4.78, 5) is 24.1. The first-order chi connectivity index (χ1) is 13.7. The van der Waals surface area contributed by atoms with Crippen molar-refractivity contribution in [2.45, 2.75) is 44.4 Å². The molecule has 1 aliphatic carbocycles. The summed E-state index contributed by atoms with van der Waals surface area (Å²) >= 11 is 0. The van der Waals surface area contributed by atoms with Crippen LogP contribution < -0.4 is 0 Å². The lowest BCUT2D eigenvalue weighted by atomic mass is 9.91. The number of hydrogen-bond donors (Lipinski definition) is 0. The van der Waals surface area contributed by atoms with Crippen LogP contribution in [0.15, 0.2) is 39.6 Å². The number of carbonyl (C=O) groups is 1. The zero-order valence-electron chi connectivity index (χ0n) is 15.8. The van der Waals surface area contributed by atoms with Gasteiger partial charge in [0.2, 0.25) is 0 Å². The highest BCUT2D eigenvalue weighted by Gasteiger charge is 2.32. The molecular formula is C21H22N4O3. The molecule has 1 saturated carbocycles. The fourth-order valence-corrected chi connectivity index (χ4v) is 3.88. The fourth-order valence-electron chi connectivity index (χ4n) is 3.88. The molecule has 1 aliphatic heterocycles. The Balaban J connectivity index is 1.48. The Labute approximate surface area is 162 Å². The molecule has 3 aromatic heterocycles. The van der Waals surface area contributed by atoms with E-state index in [1.54, 1.807) is 12.1 Å². The highest BCUT2D eigenvalue weighted by molar-refractivity contribution is 5.91. The molecule has 1 amide bonds. The Morgan fingerprint density at radius 1 is 1.25 bits per heavy atom. The van der Waals surface area contributed by atoms with Gasteiger partial charge in [-0.1, -0.05) is 5.16 Å². The molecule has 144 valence electrons. The molecule has 1 unspecified atom stereocenters. The van der Waals surface area contributed by atoms with E-state index in [1.807, 2.05) is 24.1 Å². The van der Waals surface area contributed by atoms with E-state index in [1.165, 1.54) is 6.26 Å². The van der Waals surface area contributed by atoms with Crippen molar-refractivity contribution in [2.75, 3.05) is 13.1 Å². The Kier molecular flexibility index (Phi) is 4.22. The van der Waals surface area contributed by atoms with Gasteiger partial charge < -0.3 is 13.8 Å². The number of hydrogen-bond acceptors (Lipinski definition) is 6. The van der Waals surface area contributed by atoms with E-state index < -0.39 is 0 Å². The number of aromatic nitrogens is 3. The van der Waals surface area contributed by atoms with E-state index >= 15 is 0 Å². The lowest BCUT2D eigenvalue weighted by molar-refractivity contribution is 0.0673. The molecule has 1 saturated heterocycles. The van der Waals surface area contributed by atoms with Crippen LogP contribution in [-0.2, 0) is 0 Å². The maximum Gasteiger partial charge on any atom is 0.289 e. The summed E-state index contributed by atoms with van der Waals surface area (Å²) in [5, 5.41) is 4.02. The molecule has 0 radical (unpaired) electrons. The second-order valence-corrected chi connectivity index (χ2v) is 7.70. The standard InChI is InChI=1S/C21H22N4O3/c1-13-10-18(28-24-13)16-11-22-20(14-6-7-14)23-19(16)15-4-2-8-25(12-15)21(26)17-5-3-9-27-17/h3,5,9-11,14-15H,2,4,6-8,12H2,1H3. The quantitative estimate of drug-likeness (QED) is 0.684. The molecule has 0 bridgehead atoms. The summed E-state index contributed by atoms with van der Waals surface area (Å²) in [5.41, 5.74) is 2.66. The maximum absolute atomic E-state index is 12.8. The van der Waals surface area contributed by atoms with Gasteiger partial charge in [-0.15, -0.1) is 0 Å². The van der Waals surface area contributed by atoms with Crippen molar-refractivity contribution in [2.24, 2.45) is 0 Å². The normalized spacial score (nSPS) is 19.8. The number of carbonyl (C=O) groups excluding carboxylic acids is 1. The summed E-state index contributed by atoms with van der Waals surface area (Å²) in [6.07, 6.45) is 7.59. The predicted octanol–water partition coefficient (Wildman–Crippen LogP) is 3.93. The highest BCUT2D eigenvalue weighted by atomic mass is 16.5. The number of rotatable bonds is 4. The molecule has 3 aromatic rings. The fraction of sp³-hybridized carbons (Fsp3) is 0.429. The Morgan fingerprint density at radius 3 is 2.86 bits per heavy atom. The first-order valence-corrected chi connectivity index (χ1v) is 9.82. The van der Waals surface area contributed by atoms with Crippen molar-refractivity contribution in [3.05, 3.63) is 53.6 Å². The van der Waals surface area contributed by atoms with Crippen LogP contribution in [0.5, 0.6) is 0 Å². The monoisotopic (exact) mass is 378 g/mol. The lowest BCUT2D eigenvalue weighted by Gasteiger charge is -2.32.